The van der Waals surface area contributed by atoms with Crippen molar-refractivity contribution in [2.75, 3.05) is 6.54 Å². The van der Waals surface area contributed by atoms with E-state index < -0.39 is 44.5 Å². The molecule has 0 aromatic carbocycles. The molecule has 0 heterocycles. The molecule has 14 heteroatoms. The minimum Gasteiger partial charge on any atom is -0.393 e. The van der Waals surface area contributed by atoms with Crippen LogP contribution in [0, 0.1) is 23.2 Å². The van der Waals surface area contributed by atoms with E-state index in [4.69, 9.17) is 25.3 Å². The van der Waals surface area contributed by atoms with Crippen molar-refractivity contribution >= 4 is 44.7 Å². The average Bonchev–Trinajstić information content (AvgIpc) is 3.24. The van der Waals surface area contributed by atoms with Gasteiger partial charge in [-0.05, 0) is 106 Å². The molecule has 3 saturated carbocycles. The van der Waals surface area contributed by atoms with E-state index in [1.165, 1.54) is 38.5 Å². The fourth-order valence-corrected chi connectivity index (χ4v) is 9.79. The maximum atomic E-state index is 10.7. The average molecular weight is 689 g/mol. The molecular formula is C31H57NNaO10P2. The Bertz CT molecular complexity index is 1120. The Hall–Kier alpha value is 0.320. The molecule has 0 aliphatic heterocycles. The van der Waals surface area contributed by atoms with Crippen molar-refractivity contribution in [2.45, 2.75) is 128 Å². The molecule has 3 aliphatic carbocycles. The number of nitrogens with two attached hydrogens (primary N) is 1. The summed E-state index contributed by atoms with van der Waals surface area (Å²) in [5, 5.41) is 36.1. The number of allylic oxidation sites excluding steroid dienone is 3. The molecule has 0 aromatic rings. The van der Waals surface area contributed by atoms with Gasteiger partial charge in [-0.3, -0.25) is 9.13 Å². The Labute approximate surface area is 291 Å². The van der Waals surface area contributed by atoms with Gasteiger partial charge in [0.15, 0.2) is 0 Å². The van der Waals surface area contributed by atoms with Crippen LogP contribution in [0.4, 0.5) is 0 Å². The summed E-state index contributed by atoms with van der Waals surface area (Å²) < 4.78 is 21.4. The molecule has 257 valence electrons. The largest absolute Gasteiger partial charge is 0.393 e. The van der Waals surface area contributed by atoms with Crippen LogP contribution in [0.25, 0.3) is 0 Å². The monoisotopic (exact) mass is 688 g/mol. The van der Waals surface area contributed by atoms with Crippen molar-refractivity contribution < 1.29 is 49.1 Å². The Morgan fingerprint density at radius 2 is 1.64 bits per heavy atom. The van der Waals surface area contributed by atoms with Crippen molar-refractivity contribution in [3.63, 3.8) is 0 Å². The van der Waals surface area contributed by atoms with Crippen molar-refractivity contribution in [2.24, 2.45) is 28.9 Å². The normalized spacial score (nSPS) is 30.4. The minimum absolute atomic E-state index is 0. The van der Waals surface area contributed by atoms with Crippen LogP contribution in [0.1, 0.15) is 105 Å². The first-order chi connectivity index (χ1) is 20.1. The zero-order valence-corrected chi connectivity index (χ0v) is 31.6. The summed E-state index contributed by atoms with van der Waals surface area (Å²) in [7, 11) is -10.6. The van der Waals surface area contributed by atoms with Crippen molar-refractivity contribution in [3.05, 3.63) is 35.5 Å². The molecule has 0 saturated heterocycles. The number of hydrogen-bond donors (Lipinski definition) is 9. The molecule has 0 aromatic heterocycles. The quantitative estimate of drug-likeness (QED) is 0.111. The van der Waals surface area contributed by atoms with Gasteiger partial charge in [-0.2, -0.15) is 0 Å². The summed E-state index contributed by atoms with van der Waals surface area (Å²) in [5.74, 6) is 2.11. The molecule has 0 bridgehead atoms. The van der Waals surface area contributed by atoms with Crippen LogP contribution in [0.15, 0.2) is 35.5 Å². The molecule has 10 N–H and O–H groups in total. The second-order valence-electron chi connectivity index (χ2n) is 14.1. The zero-order chi connectivity index (χ0) is 33.7. The Morgan fingerprint density at radius 1 is 1.04 bits per heavy atom. The van der Waals surface area contributed by atoms with Crippen LogP contribution in [0.2, 0.25) is 0 Å². The van der Waals surface area contributed by atoms with Gasteiger partial charge in [0.2, 0.25) is 0 Å². The van der Waals surface area contributed by atoms with Gasteiger partial charge in [-0.1, -0.05) is 51.0 Å². The molecule has 0 spiro atoms. The molecule has 0 unspecified atom stereocenters. The van der Waals surface area contributed by atoms with Gasteiger partial charge in [0.1, 0.15) is 0 Å². The van der Waals surface area contributed by atoms with E-state index in [0.29, 0.717) is 30.1 Å². The minimum atomic E-state index is -5.30. The maximum absolute atomic E-state index is 10.7. The standard InChI is InChI=1S/C27H44O3.C4H13NO7P2.Na/c1-18(8-6-14-26(3,4)30)23-12-13-24-20(9-7-15-27(23,24)5)10-11-21-16-22(28)17-25(29)19(21)2;5-3-1-2-4(6,13(7,8)9)14(10,11)12;/h10-11,18,22-25,28-30H,2,6-9,12-17H2,1,3-5H3;6H,1-3,5H2,(H2,7,8,9)(H2,10,11,12);/b20-10+,21-11-;;/t18-,22-,23-,24+,25+,27-;;/m1../s1. The molecule has 0 amide bonds. The van der Waals surface area contributed by atoms with Gasteiger partial charge < -0.3 is 45.7 Å². The van der Waals surface area contributed by atoms with Gasteiger partial charge in [-0.25, -0.2) is 0 Å². The molecule has 3 fully saturated rings. The van der Waals surface area contributed by atoms with Crippen molar-refractivity contribution in [3.8, 4) is 0 Å². The number of hydrogen-bond acceptors (Lipinski definition) is 7. The molecule has 3 aliphatic rings. The second kappa shape index (κ2) is 17.3. The van der Waals surface area contributed by atoms with Crippen LogP contribution in [0.5, 0.6) is 0 Å². The summed E-state index contributed by atoms with van der Waals surface area (Å²) in [6.45, 7) is 12.8. The first-order valence-corrected chi connectivity index (χ1v) is 19.0. The topological polar surface area (TPSA) is 222 Å². The van der Waals surface area contributed by atoms with E-state index in [1.807, 2.05) is 13.8 Å². The predicted molar refractivity (Wildman–Crippen MR) is 177 cm³/mol. The molecule has 11 nitrogen and oxygen atoms in total. The number of aliphatic hydroxyl groups is 4. The summed E-state index contributed by atoms with van der Waals surface area (Å²) >= 11 is 0. The predicted octanol–water partition coefficient (Wildman–Crippen LogP) is 4.05. The Balaban J connectivity index is 0.000000574. The van der Waals surface area contributed by atoms with Crippen LogP contribution in [-0.4, -0.2) is 99.0 Å². The van der Waals surface area contributed by atoms with Gasteiger partial charge >= 0.3 is 15.2 Å². The third kappa shape index (κ3) is 11.4. The molecule has 45 heavy (non-hydrogen) atoms. The third-order valence-corrected chi connectivity index (χ3v) is 14.0. The van der Waals surface area contributed by atoms with Crippen LogP contribution in [-0.2, 0) is 9.13 Å². The number of fused-ring (bicyclic) bond motifs is 1. The van der Waals surface area contributed by atoms with Crippen molar-refractivity contribution in [1.29, 1.82) is 0 Å². The third-order valence-electron chi connectivity index (χ3n) is 10.1. The van der Waals surface area contributed by atoms with Crippen LogP contribution in [0.3, 0.4) is 0 Å². The smallest absolute Gasteiger partial charge is 0.369 e. The number of aliphatic hydroxyl groups excluding tert-OH is 2. The molecule has 3 rings (SSSR count). The number of rotatable bonds is 11. The summed E-state index contributed by atoms with van der Waals surface area (Å²) in [6.07, 6.45) is 13.0. The van der Waals surface area contributed by atoms with E-state index in [1.54, 1.807) is 5.57 Å². The van der Waals surface area contributed by atoms with Crippen molar-refractivity contribution in [1.82, 2.24) is 0 Å². The fraction of sp³-hybridized carbons (Fsp3) is 0.806. The SMILES string of the molecule is C=C1/C(=C\C=C2/CCC[C@]3(C)[C@@H]([C@H](C)CCCC(C)(C)O)CC[C@@H]23)C[C@@H](O)C[C@@H]1O.NCCCC(O)(P(=O)(O)O)P(=O)(O)O.[Na]. The fourth-order valence-electron chi connectivity index (χ4n) is 7.54. The maximum Gasteiger partial charge on any atom is 0.369 e. The van der Waals surface area contributed by atoms with Crippen LogP contribution < -0.4 is 5.73 Å². The second-order valence-corrected chi connectivity index (χ2v) is 18.1. The van der Waals surface area contributed by atoms with E-state index in [0.717, 1.165) is 29.9 Å². The summed E-state index contributed by atoms with van der Waals surface area (Å²) in [4.78, 5) is 34.5. The Kier molecular flexibility index (Phi) is 16.7. The van der Waals surface area contributed by atoms with Gasteiger partial charge in [0.05, 0.1) is 17.8 Å². The van der Waals surface area contributed by atoms with E-state index in [-0.39, 0.29) is 42.5 Å². The summed E-state index contributed by atoms with van der Waals surface area (Å²) in [5.41, 5.74) is 8.17. The molecule has 1 radical (unpaired) electrons. The first kappa shape index (κ1) is 43.3. The van der Waals surface area contributed by atoms with Crippen LogP contribution >= 0.6 is 15.2 Å². The van der Waals surface area contributed by atoms with E-state index in [9.17, 15) is 29.6 Å². The molecular weight excluding hydrogens is 631 g/mol. The summed E-state index contributed by atoms with van der Waals surface area (Å²) in [6, 6.07) is 0. The Morgan fingerprint density at radius 3 is 2.18 bits per heavy atom. The van der Waals surface area contributed by atoms with E-state index in [2.05, 4.69) is 32.6 Å². The van der Waals surface area contributed by atoms with E-state index >= 15 is 0 Å². The van der Waals surface area contributed by atoms with Gasteiger partial charge in [0.25, 0.3) is 5.08 Å². The zero-order valence-electron chi connectivity index (χ0n) is 27.8. The molecule has 6 atom stereocenters. The first-order valence-electron chi connectivity index (χ1n) is 15.8. The van der Waals surface area contributed by atoms with Gasteiger partial charge in [0, 0.05) is 42.4 Å². The van der Waals surface area contributed by atoms with Gasteiger partial charge in [-0.15, -0.1) is 0 Å².